The first-order chi connectivity index (χ1) is 16.7. The lowest BCUT2D eigenvalue weighted by Gasteiger charge is -2.18. The lowest BCUT2D eigenvalue weighted by atomic mass is 9.92. The molecule has 0 bridgehead atoms. The van der Waals surface area contributed by atoms with Gasteiger partial charge in [0.1, 0.15) is 5.75 Å². The average Bonchev–Trinajstić information content (AvgIpc) is 2.88. The first-order valence-electron chi connectivity index (χ1n) is 12.2. The lowest BCUT2D eigenvalue weighted by Crippen LogP contribution is -2.22. The summed E-state index contributed by atoms with van der Waals surface area (Å²) in [7, 11) is 0. The highest BCUT2D eigenvalue weighted by Crippen LogP contribution is 2.25. The molecule has 1 unspecified atom stereocenters. The fourth-order valence-electron chi connectivity index (χ4n) is 4.06. The zero-order chi connectivity index (χ0) is 24.0. The van der Waals surface area contributed by atoms with Gasteiger partial charge in [-0.05, 0) is 48.2 Å². The number of aliphatic hydroxyl groups excluding tert-OH is 2. The number of hydrogen-bond donors (Lipinski definition) is 4. The van der Waals surface area contributed by atoms with Crippen LogP contribution in [0.5, 0.6) is 5.75 Å². The fourth-order valence-corrected chi connectivity index (χ4v) is 4.06. The number of nitrogens with one attached hydrogen (secondary N) is 1. The van der Waals surface area contributed by atoms with Crippen LogP contribution in [-0.4, -0.2) is 41.6 Å². The summed E-state index contributed by atoms with van der Waals surface area (Å²) >= 11 is 0. The summed E-state index contributed by atoms with van der Waals surface area (Å²) in [5, 5.41) is 32.5. The maximum atomic E-state index is 10.3. The predicted octanol–water partition coefficient (Wildman–Crippen LogP) is 4.92. The molecule has 0 saturated carbocycles. The van der Waals surface area contributed by atoms with Crippen molar-refractivity contribution in [2.75, 3.05) is 26.3 Å². The molecule has 5 heteroatoms. The van der Waals surface area contributed by atoms with Gasteiger partial charge in [-0.3, -0.25) is 0 Å². The number of phenols is 1. The number of rotatable bonds is 15. The molecule has 182 valence electrons. The molecule has 0 aliphatic carbocycles. The third-order valence-corrected chi connectivity index (χ3v) is 6.08. The molecular formula is C29H37NO4. The van der Waals surface area contributed by atoms with Crippen molar-refractivity contribution in [2.24, 2.45) is 0 Å². The molecule has 0 fully saturated rings. The third kappa shape index (κ3) is 8.26. The molecular weight excluding hydrogens is 426 g/mol. The van der Waals surface area contributed by atoms with E-state index in [9.17, 15) is 15.3 Å². The lowest BCUT2D eigenvalue weighted by molar-refractivity contribution is 0.123. The normalized spacial score (nSPS) is 12.2. The third-order valence-electron chi connectivity index (χ3n) is 6.08. The molecule has 0 saturated heterocycles. The molecule has 5 nitrogen and oxygen atoms in total. The van der Waals surface area contributed by atoms with Gasteiger partial charge in [0.05, 0.1) is 19.3 Å². The van der Waals surface area contributed by atoms with Gasteiger partial charge in [-0.2, -0.15) is 0 Å². The number of ether oxygens (including phenoxy) is 1. The van der Waals surface area contributed by atoms with Crippen LogP contribution in [-0.2, 0) is 11.3 Å². The Morgan fingerprint density at radius 3 is 2.06 bits per heavy atom. The standard InChI is InChI=1S/C29H37NO4/c31-21-26-19-25(15-16-28(26)32)29(33)20-30-17-9-1-2-10-18-34-22-27(23-11-5-3-6-12-23)24-13-7-4-8-14-24/h3-8,11-16,19,27,29-33H,1-2,9-10,17-18,20-22H2. The zero-order valence-electron chi connectivity index (χ0n) is 19.8. The second-order valence-corrected chi connectivity index (χ2v) is 8.63. The number of aromatic hydroxyl groups is 1. The SMILES string of the molecule is OCc1cc(C(O)CNCCCCCCOCC(c2ccccc2)c2ccccc2)ccc1O. The van der Waals surface area contributed by atoms with Gasteiger partial charge in [-0.25, -0.2) is 0 Å². The summed E-state index contributed by atoms with van der Waals surface area (Å²) in [6.07, 6.45) is 3.64. The summed E-state index contributed by atoms with van der Waals surface area (Å²) in [6, 6.07) is 25.9. The molecule has 0 spiro atoms. The Labute approximate surface area is 203 Å². The Morgan fingerprint density at radius 2 is 1.41 bits per heavy atom. The molecule has 0 amide bonds. The Bertz CT molecular complexity index is 909. The number of aliphatic hydroxyl groups is 2. The molecule has 3 aromatic rings. The van der Waals surface area contributed by atoms with E-state index in [-0.39, 0.29) is 18.3 Å². The smallest absolute Gasteiger partial charge is 0.121 e. The maximum Gasteiger partial charge on any atom is 0.121 e. The van der Waals surface area contributed by atoms with E-state index in [1.165, 1.54) is 17.2 Å². The van der Waals surface area contributed by atoms with E-state index < -0.39 is 6.10 Å². The van der Waals surface area contributed by atoms with Gasteiger partial charge in [0.15, 0.2) is 0 Å². The summed E-state index contributed by atoms with van der Waals surface area (Å²) in [4.78, 5) is 0. The molecule has 0 aliphatic rings. The van der Waals surface area contributed by atoms with Crippen LogP contribution in [0.1, 0.15) is 60.0 Å². The van der Waals surface area contributed by atoms with Crippen LogP contribution in [0.2, 0.25) is 0 Å². The van der Waals surface area contributed by atoms with Crippen LogP contribution in [0.15, 0.2) is 78.9 Å². The highest BCUT2D eigenvalue weighted by atomic mass is 16.5. The van der Waals surface area contributed by atoms with Crippen molar-refractivity contribution in [1.29, 1.82) is 0 Å². The first-order valence-corrected chi connectivity index (χ1v) is 12.2. The van der Waals surface area contributed by atoms with Gasteiger partial charge in [0.25, 0.3) is 0 Å². The van der Waals surface area contributed by atoms with Crippen molar-refractivity contribution in [3.8, 4) is 5.75 Å². The molecule has 34 heavy (non-hydrogen) atoms. The van der Waals surface area contributed by atoms with Gasteiger partial charge in [-0.1, -0.05) is 79.6 Å². The highest BCUT2D eigenvalue weighted by molar-refractivity contribution is 5.36. The first kappa shape index (κ1) is 25.9. The number of hydrogen-bond acceptors (Lipinski definition) is 5. The molecule has 3 aromatic carbocycles. The molecule has 0 aliphatic heterocycles. The number of benzene rings is 3. The average molecular weight is 464 g/mol. The van der Waals surface area contributed by atoms with Crippen molar-refractivity contribution in [3.05, 3.63) is 101 Å². The Hall–Kier alpha value is -2.70. The summed E-state index contributed by atoms with van der Waals surface area (Å²) in [6.45, 7) is 2.48. The minimum Gasteiger partial charge on any atom is -0.508 e. The quantitative estimate of drug-likeness (QED) is 0.241. The molecule has 0 aromatic heterocycles. The Kier molecular flexibility index (Phi) is 11.1. The van der Waals surface area contributed by atoms with Crippen LogP contribution in [0.3, 0.4) is 0 Å². The van der Waals surface area contributed by atoms with Crippen LogP contribution in [0.4, 0.5) is 0 Å². The fraction of sp³-hybridized carbons (Fsp3) is 0.379. The summed E-state index contributed by atoms with van der Waals surface area (Å²) in [5.74, 6) is 0.297. The van der Waals surface area contributed by atoms with Gasteiger partial charge < -0.3 is 25.4 Å². The van der Waals surface area contributed by atoms with Crippen LogP contribution < -0.4 is 5.32 Å². The topological polar surface area (TPSA) is 82.0 Å². The van der Waals surface area contributed by atoms with E-state index in [0.717, 1.165) is 38.8 Å². The van der Waals surface area contributed by atoms with E-state index in [2.05, 4.69) is 53.8 Å². The predicted molar refractivity (Wildman–Crippen MR) is 136 cm³/mol. The Balaban J connectivity index is 1.27. The van der Waals surface area contributed by atoms with E-state index in [0.29, 0.717) is 24.3 Å². The Morgan fingerprint density at radius 1 is 0.765 bits per heavy atom. The van der Waals surface area contributed by atoms with Crippen molar-refractivity contribution in [1.82, 2.24) is 5.32 Å². The van der Waals surface area contributed by atoms with Gasteiger partial charge in [0, 0.05) is 24.6 Å². The minimum absolute atomic E-state index is 0.0473. The van der Waals surface area contributed by atoms with E-state index in [1.54, 1.807) is 12.1 Å². The molecule has 3 rings (SSSR count). The van der Waals surface area contributed by atoms with Crippen LogP contribution in [0.25, 0.3) is 0 Å². The largest absolute Gasteiger partial charge is 0.508 e. The molecule has 1 atom stereocenters. The van der Waals surface area contributed by atoms with E-state index in [1.807, 2.05) is 12.1 Å². The van der Waals surface area contributed by atoms with Crippen LogP contribution >= 0.6 is 0 Å². The maximum absolute atomic E-state index is 10.3. The highest BCUT2D eigenvalue weighted by Gasteiger charge is 2.14. The van der Waals surface area contributed by atoms with Crippen molar-refractivity contribution in [3.63, 3.8) is 0 Å². The summed E-state index contributed by atoms with van der Waals surface area (Å²) in [5.41, 5.74) is 3.68. The van der Waals surface area contributed by atoms with E-state index in [4.69, 9.17) is 4.74 Å². The van der Waals surface area contributed by atoms with Gasteiger partial charge in [0.2, 0.25) is 0 Å². The second kappa shape index (κ2) is 14.5. The van der Waals surface area contributed by atoms with Gasteiger partial charge in [-0.15, -0.1) is 0 Å². The zero-order valence-corrected chi connectivity index (χ0v) is 19.8. The second-order valence-electron chi connectivity index (χ2n) is 8.63. The van der Waals surface area contributed by atoms with Crippen molar-refractivity contribution >= 4 is 0 Å². The monoisotopic (exact) mass is 463 g/mol. The van der Waals surface area contributed by atoms with E-state index >= 15 is 0 Å². The van der Waals surface area contributed by atoms with Crippen LogP contribution in [0, 0.1) is 0 Å². The number of unbranched alkanes of at least 4 members (excludes halogenated alkanes) is 3. The molecule has 4 N–H and O–H groups in total. The molecule has 0 radical (unpaired) electrons. The van der Waals surface area contributed by atoms with Gasteiger partial charge >= 0.3 is 0 Å². The summed E-state index contributed by atoms with van der Waals surface area (Å²) < 4.78 is 6.06. The molecule has 0 heterocycles. The van der Waals surface area contributed by atoms with Crippen molar-refractivity contribution in [2.45, 2.75) is 44.3 Å². The minimum atomic E-state index is -0.665. The van der Waals surface area contributed by atoms with Crippen molar-refractivity contribution < 1.29 is 20.1 Å².